The number of nitrogens with zero attached hydrogens (tertiary/aromatic N) is 4. The molecule has 0 saturated carbocycles. The van der Waals surface area contributed by atoms with Crippen LogP contribution < -0.4 is 16.6 Å². The molecule has 5 rings (SSSR count). The van der Waals surface area contributed by atoms with Crippen LogP contribution in [-0.4, -0.2) is 56.2 Å². The predicted octanol–water partition coefficient (Wildman–Crippen LogP) is 3.81. The Morgan fingerprint density at radius 2 is 1.90 bits per heavy atom. The van der Waals surface area contributed by atoms with Crippen molar-refractivity contribution in [2.45, 2.75) is 51.6 Å². The second kappa shape index (κ2) is 13.2. The number of fused-ring (bicyclic) bond motifs is 1. The number of hydrogen-bond donors (Lipinski definition) is 2. The Balaban J connectivity index is 0.000000493. The number of aliphatic carboxylic acids is 1. The summed E-state index contributed by atoms with van der Waals surface area (Å²) in [6, 6.07) is 11.6. The lowest BCUT2D eigenvalue weighted by Crippen LogP contribution is -2.45. The van der Waals surface area contributed by atoms with Crippen LogP contribution in [0.4, 0.5) is 13.2 Å². The van der Waals surface area contributed by atoms with Crippen molar-refractivity contribution in [2.24, 2.45) is 0 Å². The molecule has 15 heteroatoms. The van der Waals surface area contributed by atoms with Gasteiger partial charge in [-0.1, -0.05) is 42.4 Å². The van der Waals surface area contributed by atoms with E-state index in [1.807, 2.05) is 43.3 Å². The fourth-order valence-corrected chi connectivity index (χ4v) is 5.41. The van der Waals surface area contributed by atoms with E-state index in [2.05, 4.69) is 15.5 Å². The first-order chi connectivity index (χ1) is 19.6. The minimum atomic E-state index is -5.08. The molecule has 1 saturated heterocycles. The summed E-state index contributed by atoms with van der Waals surface area (Å²) in [5.74, 6) is -2.01. The van der Waals surface area contributed by atoms with E-state index in [1.54, 1.807) is 4.57 Å². The smallest absolute Gasteiger partial charge is 0.475 e. The van der Waals surface area contributed by atoms with Gasteiger partial charge in [0.2, 0.25) is 5.89 Å². The highest BCUT2D eigenvalue weighted by Crippen LogP contribution is 2.32. The van der Waals surface area contributed by atoms with Gasteiger partial charge in [-0.05, 0) is 44.0 Å². The molecule has 2 N–H and O–H groups in total. The second-order valence-corrected chi connectivity index (χ2v) is 10.2. The van der Waals surface area contributed by atoms with Crippen LogP contribution in [0.1, 0.15) is 43.9 Å². The fourth-order valence-electron chi connectivity index (χ4n) is 4.30. The highest BCUT2D eigenvalue weighted by Gasteiger charge is 2.38. The molecule has 4 aromatic rings. The molecule has 1 aromatic carbocycles. The molecule has 0 bridgehead atoms. The monoisotopic (exact) mass is 595 g/mol. The summed E-state index contributed by atoms with van der Waals surface area (Å²) in [5, 5.41) is 14.4. The van der Waals surface area contributed by atoms with Crippen molar-refractivity contribution >= 4 is 27.5 Å². The molecule has 0 radical (unpaired) electrons. The van der Waals surface area contributed by atoms with Gasteiger partial charge in [0.05, 0.1) is 5.52 Å². The standard InChI is InChI=1S/C24H27N5O4S.C2HF3O2/c1-2-12-32-15-20-26-21(33-27-20)14-28-18-13-19(16-6-4-3-5-7-16)34-22(18)23(30)29(24(28)31)17-8-10-25-11-9-17;3-2(4,5)1(6)7/h3-7,13,17,25H,2,8-12,14-15H2,1H3;(H,6,7). The molecule has 11 nitrogen and oxygen atoms in total. The Morgan fingerprint density at radius 1 is 1.22 bits per heavy atom. The molecule has 4 heterocycles. The third kappa shape index (κ3) is 7.28. The molecule has 220 valence electrons. The maximum absolute atomic E-state index is 13.7. The number of rotatable bonds is 8. The van der Waals surface area contributed by atoms with E-state index >= 15 is 0 Å². The summed E-state index contributed by atoms with van der Waals surface area (Å²) in [6.07, 6.45) is -2.72. The van der Waals surface area contributed by atoms with Crippen molar-refractivity contribution in [3.05, 3.63) is 69.0 Å². The quantitative estimate of drug-likeness (QED) is 0.291. The van der Waals surface area contributed by atoms with E-state index in [4.69, 9.17) is 19.2 Å². The number of benzene rings is 1. The molecule has 1 fully saturated rings. The normalized spacial score (nSPS) is 14.1. The minimum absolute atomic E-state index is 0.0896. The van der Waals surface area contributed by atoms with E-state index in [1.165, 1.54) is 15.9 Å². The maximum atomic E-state index is 13.7. The van der Waals surface area contributed by atoms with Crippen LogP contribution in [0.5, 0.6) is 0 Å². The fraction of sp³-hybridized carbons (Fsp3) is 0.423. The Bertz CT molecular complexity index is 1590. The average Bonchev–Trinajstić information content (AvgIpc) is 3.60. The number of carboxylic acids is 1. The maximum Gasteiger partial charge on any atom is 0.490 e. The van der Waals surface area contributed by atoms with Crippen LogP contribution in [0.15, 0.2) is 50.5 Å². The van der Waals surface area contributed by atoms with E-state index in [-0.39, 0.29) is 30.4 Å². The molecule has 0 aliphatic carbocycles. The number of ether oxygens (including phenoxy) is 1. The van der Waals surface area contributed by atoms with Gasteiger partial charge in [-0.25, -0.2) is 9.59 Å². The van der Waals surface area contributed by atoms with E-state index in [0.29, 0.717) is 28.5 Å². The third-order valence-corrected chi connectivity index (χ3v) is 7.37. The summed E-state index contributed by atoms with van der Waals surface area (Å²) < 4.78 is 46.2. The summed E-state index contributed by atoms with van der Waals surface area (Å²) in [6.45, 7) is 4.54. The van der Waals surface area contributed by atoms with Crippen LogP contribution >= 0.6 is 11.3 Å². The number of nitrogens with one attached hydrogen (secondary N) is 1. The predicted molar refractivity (Wildman–Crippen MR) is 144 cm³/mol. The van der Waals surface area contributed by atoms with Crippen molar-refractivity contribution in [1.29, 1.82) is 0 Å². The molecule has 0 spiro atoms. The summed E-state index contributed by atoms with van der Waals surface area (Å²) >= 11 is 1.41. The van der Waals surface area contributed by atoms with Crippen molar-refractivity contribution in [3.8, 4) is 10.4 Å². The molecule has 1 aliphatic rings. The molecular weight excluding hydrogens is 567 g/mol. The summed E-state index contributed by atoms with van der Waals surface area (Å²) in [7, 11) is 0. The lowest BCUT2D eigenvalue weighted by Gasteiger charge is -2.24. The topological polar surface area (TPSA) is 141 Å². The van der Waals surface area contributed by atoms with Crippen molar-refractivity contribution in [2.75, 3.05) is 19.7 Å². The van der Waals surface area contributed by atoms with E-state index in [9.17, 15) is 22.8 Å². The van der Waals surface area contributed by atoms with Gasteiger partial charge in [-0.3, -0.25) is 13.9 Å². The third-order valence-electron chi connectivity index (χ3n) is 6.21. The van der Waals surface area contributed by atoms with Gasteiger partial charge in [0.25, 0.3) is 5.56 Å². The van der Waals surface area contributed by atoms with Crippen LogP contribution in [0.25, 0.3) is 20.7 Å². The zero-order valence-corrected chi connectivity index (χ0v) is 22.8. The van der Waals surface area contributed by atoms with Crippen molar-refractivity contribution < 1.29 is 32.3 Å². The Hall–Kier alpha value is -3.82. The highest BCUT2D eigenvalue weighted by atomic mass is 32.1. The molecule has 0 unspecified atom stereocenters. The zero-order valence-electron chi connectivity index (χ0n) is 22.0. The number of halogens is 3. The number of carboxylic acid groups (broad SMARTS) is 1. The number of alkyl halides is 3. The number of hydrogen-bond acceptors (Lipinski definition) is 9. The van der Waals surface area contributed by atoms with Crippen LogP contribution in [0.3, 0.4) is 0 Å². The van der Waals surface area contributed by atoms with Gasteiger partial charge in [0, 0.05) is 17.5 Å². The molecule has 0 atom stereocenters. The van der Waals surface area contributed by atoms with Crippen molar-refractivity contribution in [3.63, 3.8) is 0 Å². The van der Waals surface area contributed by atoms with Gasteiger partial charge < -0.3 is 19.7 Å². The number of piperidine rings is 1. The second-order valence-electron chi connectivity index (χ2n) is 9.18. The number of carbonyl (C=O) groups is 1. The van der Waals surface area contributed by atoms with Gasteiger partial charge in [-0.15, -0.1) is 11.3 Å². The first kappa shape index (κ1) is 30.1. The Labute approximate surface area is 235 Å². The molecule has 41 heavy (non-hydrogen) atoms. The first-order valence-electron chi connectivity index (χ1n) is 12.8. The lowest BCUT2D eigenvalue weighted by molar-refractivity contribution is -0.192. The van der Waals surface area contributed by atoms with Crippen molar-refractivity contribution in [1.82, 2.24) is 24.6 Å². The highest BCUT2D eigenvalue weighted by molar-refractivity contribution is 7.22. The van der Waals surface area contributed by atoms with E-state index in [0.717, 1.165) is 42.8 Å². The SMILES string of the molecule is CCCOCc1noc(Cn2c(=O)n(C3CCNCC3)c(=O)c3sc(-c4ccccc4)cc32)n1.O=C(O)C(F)(F)F. The molecular formula is C26H28F3N5O6S. The van der Waals surface area contributed by atoms with Crippen LogP contribution in [-0.2, 0) is 22.7 Å². The van der Waals surface area contributed by atoms with Crippen LogP contribution in [0.2, 0.25) is 0 Å². The molecule has 0 amide bonds. The largest absolute Gasteiger partial charge is 0.490 e. The summed E-state index contributed by atoms with van der Waals surface area (Å²) in [5.41, 5.74) is 1.02. The minimum Gasteiger partial charge on any atom is -0.475 e. The van der Waals surface area contributed by atoms with Gasteiger partial charge in [0.1, 0.15) is 17.9 Å². The van der Waals surface area contributed by atoms with Gasteiger partial charge >= 0.3 is 17.8 Å². The lowest BCUT2D eigenvalue weighted by atomic mass is 10.1. The van der Waals surface area contributed by atoms with Gasteiger partial charge in [0.15, 0.2) is 5.82 Å². The molecule has 3 aromatic heterocycles. The Kier molecular flexibility index (Phi) is 9.73. The number of thiophene rings is 1. The van der Waals surface area contributed by atoms with E-state index < -0.39 is 12.1 Å². The summed E-state index contributed by atoms with van der Waals surface area (Å²) in [4.78, 5) is 41.4. The zero-order chi connectivity index (χ0) is 29.6. The number of aromatic nitrogens is 4. The average molecular weight is 596 g/mol. The Morgan fingerprint density at radius 3 is 2.54 bits per heavy atom. The molecule has 1 aliphatic heterocycles. The van der Waals surface area contributed by atoms with Crippen LogP contribution in [0, 0.1) is 0 Å². The van der Waals surface area contributed by atoms with Gasteiger partial charge in [-0.2, -0.15) is 18.2 Å². The first-order valence-corrected chi connectivity index (χ1v) is 13.7.